The van der Waals surface area contributed by atoms with E-state index in [4.69, 9.17) is 23.2 Å². The Labute approximate surface area is 153 Å². The number of hydrogen-bond donors (Lipinski definition) is 1. The highest BCUT2D eigenvalue weighted by Crippen LogP contribution is 2.45. The number of phenols is 1. The molecule has 1 N–H and O–H groups in total. The number of hydrogen-bond acceptors (Lipinski definition) is 3. The van der Waals surface area contributed by atoms with Crippen LogP contribution in [0.1, 0.15) is 40.4 Å². The van der Waals surface area contributed by atoms with Gasteiger partial charge in [-0.05, 0) is 25.0 Å². The van der Waals surface area contributed by atoms with Crippen LogP contribution >= 0.6 is 23.2 Å². The molecule has 1 aliphatic rings. The van der Waals surface area contributed by atoms with Gasteiger partial charge in [0.2, 0.25) is 6.20 Å². The van der Waals surface area contributed by atoms with Crippen molar-refractivity contribution >= 4 is 39.9 Å². The highest BCUT2D eigenvalue weighted by atomic mass is 35.5. The molecule has 7 heteroatoms. The van der Waals surface area contributed by atoms with Gasteiger partial charge in [-0.1, -0.05) is 23.2 Å². The van der Waals surface area contributed by atoms with Crippen LogP contribution in [0.5, 0.6) is 5.75 Å². The molecule has 0 aliphatic heterocycles. The molecule has 3 aromatic rings. The Balaban J connectivity index is 1.97. The Morgan fingerprint density at radius 2 is 1.96 bits per heavy atom. The lowest BCUT2D eigenvalue weighted by molar-refractivity contribution is -0.604. The van der Waals surface area contributed by atoms with E-state index in [-0.39, 0.29) is 21.6 Å². The van der Waals surface area contributed by atoms with Crippen LogP contribution < -0.4 is 4.73 Å². The van der Waals surface area contributed by atoms with E-state index in [9.17, 15) is 15.1 Å². The largest absolute Gasteiger partial charge is 0.619 e. The summed E-state index contributed by atoms with van der Waals surface area (Å²) in [6.07, 6.45) is 4.87. The van der Waals surface area contributed by atoms with E-state index in [0.29, 0.717) is 22.6 Å². The van der Waals surface area contributed by atoms with E-state index in [1.807, 2.05) is 11.6 Å². The van der Waals surface area contributed by atoms with Crippen LogP contribution in [0.15, 0.2) is 30.6 Å². The summed E-state index contributed by atoms with van der Waals surface area (Å²) >= 11 is 11.9. The van der Waals surface area contributed by atoms with Crippen molar-refractivity contribution in [1.82, 2.24) is 4.57 Å². The summed E-state index contributed by atoms with van der Waals surface area (Å²) in [6.45, 7) is 0. The molecule has 1 saturated carbocycles. The Kier molecular flexibility index (Phi) is 3.67. The molecule has 1 aromatic carbocycles. The molecule has 0 atom stereocenters. The van der Waals surface area contributed by atoms with Gasteiger partial charge in [0.15, 0.2) is 17.7 Å². The maximum atomic E-state index is 13.2. The van der Waals surface area contributed by atoms with Gasteiger partial charge in [0.25, 0.3) is 0 Å². The van der Waals surface area contributed by atoms with E-state index >= 15 is 0 Å². The van der Waals surface area contributed by atoms with Crippen molar-refractivity contribution in [3.8, 4) is 5.75 Å². The number of carbonyl (C=O) groups excluding carboxylic acids is 1. The first-order chi connectivity index (χ1) is 11.9. The monoisotopic (exact) mass is 376 g/mol. The smallest absolute Gasteiger partial charge is 0.204 e. The minimum absolute atomic E-state index is 0.0291. The van der Waals surface area contributed by atoms with Gasteiger partial charge < -0.3 is 14.9 Å². The normalized spacial score (nSPS) is 14.2. The molecule has 4 rings (SSSR count). The number of aryl methyl sites for hydroxylation is 1. The Bertz CT molecular complexity index is 1020. The van der Waals surface area contributed by atoms with Gasteiger partial charge in [-0.2, -0.15) is 4.73 Å². The molecule has 5 nitrogen and oxygen atoms in total. The van der Waals surface area contributed by atoms with E-state index in [2.05, 4.69) is 0 Å². The molecule has 2 aromatic heterocycles. The van der Waals surface area contributed by atoms with Gasteiger partial charge in [0, 0.05) is 35.7 Å². The molecule has 0 radical (unpaired) electrons. The van der Waals surface area contributed by atoms with E-state index < -0.39 is 0 Å². The minimum atomic E-state index is -0.243. The maximum absolute atomic E-state index is 13.2. The summed E-state index contributed by atoms with van der Waals surface area (Å²) in [5, 5.41) is 22.2. The molecular weight excluding hydrogens is 363 g/mol. The molecule has 0 unspecified atom stereocenters. The summed E-state index contributed by atoms with van der Waals surface area (Å²) in [6, 6.07) is 4.49. The van der Waals surface area contributed by atoms with E-state index in [1.165, 1.54) is 24.5 Å². The van der Waals surface area contributed by atoms with Gasteiger partial charge >= 0.3 is 0 Å². The molecular formula is C18H14Cl2N2O3. The highest BCUT2D eigenvalue weighted by molar-refractivity contribution is 6.38. The number of phenolic OH excluding ortho intramolecular Hbond substituents is 1. The fraction of sp³-hybridized carbons (Fsp3) is 0.222. The summed E-state index contributed by atoms with van der Waals surface area (Å²) in [5.41, 5.74) is 2.50. The van der Waals surface area contributed by atoms with Crippen LogP contribution in [-0.4, -0.2) is 15.5 Å². The lowest BCUT2D eigenvalue weighted by Gasteiger charge is -2.08. The third-order valence-electron chi connectivity index (χ3n) is 4.63. The van der Waals surface area contributed by atoms with Gasteiger partial charge in [0.1, 0.15) is 5.52 Å². The zero-order valence-electron chi connectivity index (χ0n) is 13.3. The van der Waals surface area contributed by atoms with Gasteiger partial charge in [-0.25, -0.2) is 0 Å². The van der Waals surface area contributed by atoms with Crippen molar-refractivity contribution in [2.24, 2.45) is 7.05 Å². The number of benzene rings is 1. The molecule has 2 heterocycles. The number of halogens is 2. The predicted molar refractivity (Wildman–Crippen MR) is 95.4 cm³/mol. The summed E-state index contributed by atoms with van der Waals surface area (Å²) in [7, 11) is 1.86. The molecule has 0 saturated heterocycles. The number of pyridine rings is 1. The van der Waals surface area contributed by atoms with Gasteiger partial charge in [-0.3, -0.25) is 4.79 Å². The summed E-state index contributed by atoms with van der Waals surface area (Å²) < 4.78 is 2.64. The molecule has 128 valence electrons. The first kappa shape index (κ1) is 16.2. The number of rotatable bonds is 3. The Hall–Kier alpha value is -2.24. The predicted octanol–water partition coefficient (Wildman–Crippen LogP) is 3.93. The number of ketones is 1. The topological polar surface area (TPSA) is 69.2 Å². The Morgan fingerprint density at radius 3 is 2.56 bits per heavy atom. The van der Waals surface area contributed by atoms with Crippen molar-refractivity contribution in [1.29, 1.82) is 0 Å². The van der Waals surface area contributed by atoms with Crippen molar-refractivity contribution in [3.63, 3.8) is 0 Å². The lowest BCUT2D eigenvalue weighted by Crippen LogP contribution is -2.24. The van der Waals surface area contributed by atoms with E-state index in [1.54, 1.807) is 6.07 Å². The molecule has 25 heavy (non-hydrogen) atoms. The van der Waals surface area contributed by atoms with Crippen LogP contribution in [-0.2, 0) is 7.05 Å². The van der Waals surface area contributed by atoms with Crippen molar-refractivity contribution in [3.05, 3.63) is 62.7 Å². The number of carbonyl (C=O) groups is 1. The maximum Gasteiger partial charge on any atom is 0.204 e. The number of nitrogens with zero attached hydrogens (tertiary/aromatic N) is 2. The highest BCUT2D eigenvalue weighted by Gasteiger charge is 2.34. The Morgan fingerprint density at radius 1 is 1.32 bits per heavy atom. The zero-order chi connectivity index (χ0) is 17.9. The van der Waals surface area contributed by atoms with Crippen LogP contribution in [0.4, 0.5) is 0 Å². The average molecular weight is 377 g/mol. The fourth-order valence-electron chi connectivity index (χ4n) is 3.29. The second-order valence-corrected chi connectivity index (χ2v) is 7.13. The molecule has 1 aliphatic carbocycles. The van der Waals surface area contributed by atoms with E-state index in [0.717, 1.165) is 28.7 Å². The second-order valence-electron chi connectivity index (χ2n) is 6.31. The third kappa shape index (κ3) is 2.55. The van der Waals surface area contributed by atoms with Gasteiger partial charge in [-0.15, -0.1) is 0 Å². The summed E-state index contributed by atoms with van der Waals surface area (Å²) in [4.78, 5) is 13.2. The number of aromatic nitrogens is 2. The molecule has 0 amide bonds. The SMILES string of the molecule is Cn1c(C2CC2)c(C(=O)c2cc(Cl)c(O)c(Cl)c2)c2cc[n+]([O-])cc21. The lowest BCUT2D eigenvalue weighted by atomic mass is 9.99. The van der Waals surface area contributed by atoms with Crippen LogP contribution in [0.25, 0.3) is 10.9 Å². The first-order valence-electron chi connectivity index (χ1n) is 7.82. The second kappa shape index (κ2) is 5.64. The zero-order valence-corrected chi connectivity index (χ0v) is 14.8. The minimum Gasteiger partial charge on any atom is -0.619 e. The fourth-order valence-corrected chi connectivity index (χ4v) is 3.78. The van der Waals surface area contributed by atoms with Crippen LogP contribution in [0.2, 0.25) is 10.0 Å². The molecule has 0 bridgehead atoms. The average Bonchev–Trinajstić information content (AvgIpc) is 3.37. The first-order valence-corrected chi connectivity index (χ1v) is 8.58. The standard InChI is InChI=1S/C18H14Cl2N2O3/c1-21-14-8-22(25)5-4-11(14)15(16(21)9-2-3-9)17(23)10-6-12(19)18(24)13(20)7-10/h4-9,24H,2-3H2,1H3. The van der Waals surface area contributed by atoms with Crippen LogP contribution in [0, 0.1) is 5.21 Å². The van der Waals surface area contributed by atoms with Crippen molar-refractivity contribution in [2.45, 2.75) is 18.8 Å². The molecule has 1 fully saturated rings. The third-order valence-corrected chi connectivity index (χ3v) is 5.21. The number of fused-ring (bicyclic) bond motifs is 1. The quantitative estimate of drug-likeness (QED) is 0.427. The van der Waals surface area contributed by atoms with Crippen molar-refractivity contribution in [2.75, 3.05) is 0 Å². The van der Waals surface area contributed by atoms with Crippen LogP contribution in [0.3, 0.4) is 0 Å². The number of aromatic hydroxyl groups is 1. The molecule has 0 spiro atoms. The summed E-state index contributed by atoms with van der Waals surface area (Å²) in [5.74, 6) is -0.160. The van der Waals surface area contributed by atoms with Crippen molar-refractivity contribution < 1.29 is 14.6 Å². The van der Waals surface area contributed by atoms with Gasteiger partial charge in [0.05, 0.1) is 15.6 Å².